The Morgan fingerprint density at radius 3 is 2.67 bits per heavy atom. The van der Waals surface area contributed by atoms with Crippen LogP contribution < -0.4 is 5.73 Å². The summed E-state index contributed by atoms with van der Waals surface area (Å²) in [6.45, 7) is 0.253. The molecule has 66 valence electrons. The van der Waals surface area contributed by atoms with Gasteiger partial charge in [0.15, 0.2) is 0 Å². The van der Waals surface area contributed by atoms with Gasteiger partial charge in [-0.2, -0.15) is 4.91 Å². The van der Waals surface area contributed by atoms with Gasteiger partial charge >= 0.3 is 0 Å². The highest BCUT2D eigenvalue weighted by Gasteiger charge is 2.33. The van der Waals surface area contributed by atoms with E-state index < -0.39 is 0 Å². The minimum absolute atomic E-state index is 0.219. The van der Waals surface area contributed by atoms with Gasteiger partial charge in [-0.05, 0) is 0 Å². The summed E-state index contributed by atoms with van der Waals surface area (Å²) in [5, 5.41) is 2.94. The summed E-state index contributed by atoms with van der Waals surface area (Å²) in [4.78, 5) is 10.3. The average Bonchev–Trinajstić information content (AvgIpc) is 2.49. The van der Waals surface area contributed by atoms with Crippen LogP contribution in [0.4, 0.5) is 0 Å². The topological polar surface area (TPSA) is 73.9 Å². The van der Waals surface area contributed by atoms with Crippen molar-refractivity contribution in [2.45, 2.75) is 24.9 Å². The normalized spacial score (nSPS) is 33.8. The quantitative estimate of drug-likeness (QED) is 0.580. The van der Waals surface area contributed by atoms with Crippen molar-refractivity contribution in [1.29, 1.82) is 0 Å². The average molecular weight is 170 g/mol. The van der Waals surface area contributed by atoms with Gasteiger partial charge in [0.05, 0.1) is 0 Å². The fourth-order valence-electron chi connectivity index (χ4n) is 1.49. The van der Waals surface area contributed by atoms with Crippen molar-refractivity contribution < 1.29 is 9.47 Å². The Hall–Kier alpha value is -1.10. The Kier molecular flexibility index (Phi) is 1.73. The lowest BCUT2D eigenvalue weighted by Crippen LogP contribution is -2.36. The van der Waals surface area contributed by atoms with Gasteiger partial charge in [-0.15, -0.1) is 0 Å². The fraction of sp³-hybridized carbons (Fsp3) is 0.714. The van der Waals surface area contributed by atoms with Crippen LogP contribution in [0, 0.1) is 4.91 Å². The molecule has 1 heterocycles. The summed E-state index contributed by atoms with van der Waals surface area (Å²) < 4.78 is 10.3. The Morgan fingerprint density at radius 1 is 1.33 bits per heavy atom. The molecule has 2 aliphatic rings. The van der Waals surface area contributed by atoms with E-state index in [9.17, 15) is 4.91 Å². The van der Waals surface area contributed by atoms with Crippen molar-refractivity contribution in [2.24, 2.45) is 10.9 Å². The molecule has 0 saturated carbocycles. The number of nitrogens with two attached hydrogens (primary N) is 1. The number of nitrogens with zero attached hydrogens (tertiary/aromatic N) is 1. The zero-order chi connectivity index (χ0) is 8.55. The Labute approximate surface area is 69.5 Å². The maximum absolute atomic E-state index is 10.3. The molecule has 12 heavy (non-hydrogen) atoms. The van der Waals surface area contributed by atoms with E-state index in [0.717, 1.165) is 11.5 Å². The minimum Gasteiger partial charge on any atom is -0.458 e. The molecular formula is C7H10N2O3. The molecule has 0 spiro atoms. The van der Waals surface area contributed by atoms with Crippen molar-refractivity contribution in [2.75, 3.05) is 6.79 Å². The van der Waals surface area contributed by atoms with E-state index in [1.54, 1.807) is 0 Å². The largest absolute Gasteiger partial charge is 0.458 e. The summed E-state index contributed by atoms with van der Waals surface area (Å²) in [6, 6.07) is -0.576. The van der Waals surface area contributed by atoms with E-state index in [4.69, 9.17) is 15.2 Å². The minimum atomic E-state index is -0.356. The highest BCUT2D eigenvalue weighted by Crippen LogP contribution is 2.31. The summed E-state index contributed by atoms with van der Waals surface area (Å²) in [7, 11) is 0. The van der Waals surface area contributed by atoms with Gasteiger partial charge in [0, 0.05) is 18.9 Å². The van der Waals surface area contributed by atoms with E-state index in [2.05, 4.69) is 5.18 Å². The molecule has 0 bridgehead atoms. The van der Waals surface area contributed by atoms with Crippen LogP contribution >= 0.6 is 0 Å². The third-order valence-corrected chi connectivity index (χ3v) is 2.22. The molecule has 0 fully saturated rings. The zero-order valence-corrected chi connectivity index (χ0v) is 6.53. The second kappa shape index (κ2) is 2.75. The van der Waals surface area contributed by atoms with Gasteiger partial charge in [0.25, 0.3) is 0 Å². The van der Waals surface area contributed by atoms with E-state index >= 15 is 0 Å². The lowest BCUT2D eigenvalue weighted by Gasteiger charge is -2.21. The second-order valence-corrected chi connectivity index (χ2v) is 3.00. The third kappa shape index (κ3) is 1.06. The summed E-state index contributed by atoms with van der Waals surface area (Å²) in [5.41, 5.74) is 5.68. The SMILES string of the molecule is NC1CC2=C(CC1N=O)OCO2. The summed E-state index contributed by atoms with van der Waals surface area (Å²) in [5.74, 6) is 1.55. The lowest BCUT2D eigenvalue weighted by molar-refractivity contribution is 0.0691. The van der Waals surface area contributed by atoms with Crippen LogP contribution in [0.15, 0.2) is 16.7 Å². The third-order valence-electron chi connectivity index (χ3n) is 2.22. The van der Waals surface area contributed by atoms with Crippen LogP contribution in [-0.2, 0) is 9.47 Å². The van der Waals surface area contributed by atoms with Crippen LogP contribution in [0.3, 0.4) is 0 Å². The molecule has 2 atom stereocenters. The zero-order valence-electron chi connectivity index (χ0n) is 6.53. The predicted octanol–water partition coefficient (Wildman–Crippen LogP) is 0.458. The molecule has 1 aliphatic heterocycles. The Morgan fingerprint density at radius 2 is 2.00 bits per heavy atom. The van der Waals surface area contributed by atoms with Gasteiger partial charge in [-0.1, -0.05) is 5.18 Å². The van der Waals surface area contributed by atoms with E-state index in [1.165, 1.54) is 0 Å². The molecule has 0 amide bonds. The number of hydrogen-bond acceptors (Lipinski definition) is 5. The number of hydrogen-bond donors (Lipinski definition) is 1. The smallest absolute Gasteiger partial charge is 0.230 e. The van der Waals surface area contributed by atoms with Gasteiger partial charge < -0.3 is 15.2 Å². The standard InChI is InChI=1S/C7H10N2O3/c8-4-1-6-7(12-3-11-6)2-5(4)9-10/h4-5H,1-3,8H2. The molecule has 5 heteroatoms. The van der Waals surface area contributed by atoms with Gasteiger partial charge in [-0.25, -0.2) is 0 Å². The molecular weight excluding hydrogens is 160 g/mol. The van der Waals surface area contributed by atoms with Crippen molar-refractivity contribution in [3.8, 4) is 0 Å². The first-order valence-electron chi connectivity index (χ1n) is 3.87. The molecule has 0 aromatic carbocycles. The predicted molar refractivity (Wildman–Crippen MR) is 40.9 cm³/mol. The van der Waals surface area contributed by atoms with Crippen molar-refractivity contribution in [1.82, 2.24) is 0 Å². The molecule has 0 saturated heterocycles. The van der Waals surface area contributed by atoms with Crippen LogP contribution in [0.5, 0.6) is 0 Å². The maximum atomic E-state index is 10.3. The van der Waals surface area contributed by atoms with E-state index in [-0.39, 0.29) is 18.9 Å². The first-order valence-corrected chi connectivity index (χ1v) is 3.87. The monoisotopic (exact) mass is 170 g/mol. The van der Waals surface area contributed by atoms with Crippen molar-refractivity contribution in [3.05, 3.63) is 16.4 Å². The lowest BCUT2D eigenvalue weighted by atomic mass is 9.95. The fourth-order valence-corrected chi connectivity index (χ4v) is 1.49. The molecule has 0 aromatic heterocycles. The summed E-state index contributed by atoms with van der Waals surface area (Å²) >= 11 is 0. The van der Waals surface area contributed by atoms with Crippen LogP contribution in [0.25, 0.3) is 0 Å². The number of rotatable bonds is 1. The maximum Gasteiger partial charge on any atom is 0.230 e. The first-order chi connectivity index (χ1) is 5.81. The molecule has 2 N–H and O–H groups in total. The van der Waals surface area contributed by atoms with Crippen molar-refractivity contribution >= 4 is 0 Å². The molecule has 0 aromatic rings. The highest BCUT2D eigenvalue weighted by molar-refractivity contribution is 5.14. The van der Waals surface area contributed by atoms with Gasteiger partial charge in [-0.3, -0.25) is 0 Å². The molecule has 5 nitrogen and oxygen atoms in total. The summed E-state index contributed by atoms with van der Waals surface area (Å²) in [6.07, 6.45) is 1.05. The first kappa shape index (κ1) is 7.54. The van der Waals surface area contributed by atoms with Crippen molar-refractivity contribution in [3.63, 3.8) is 0 Å². The van der Waals surface area contributed by atoms with Crippen LogP contribution in [-0.4, -0.2) is 18.9 Å². The molecule has 2 rings (SSSR count). The van der Waals surface area contributed by atoms with Gasteiger partial charge in [0.1, 0.15) is 17.6 Å². The number of ether oxygens (including phenoxy) is 2. The highest BCUT2D eigenvalue weighted by atomic mass is 16.7. The van der Waals surface area contributed by atoms with E-state index in [1.807, 2.05) is 0 Å². The van der Waals surface area contributed by atoms with Crippen LogP contribution in [0.2, 0.25) is 0 Å². The second-order valence-electron chi connectivity index (χ2n) is 3.00. The molecule has 1 aliphatic carbocycles. The molecule has 2 unspecified atom stereocenters. The van der Waals surface area contributed by atoms with Crippen LogP contribution in [0.1, 0.15) is 12.8 Å². The van der Waals surface area contributed by atoms with Gasteiger partial charge in [0.2, 0.25) is 6.79 Å². The Balaban J connectivity index is 2.16. The van der Waals surface area contributed by atoms with E-state index in [0.29, 0.717) is 12.8 Å². The Bertz CT molecular complexity index is 239. The number of nitroso groups, excluding NO2 is 1. The molecule has 0 radical (unpaired) electrons.